The number of nitrogens with zero attached hydrogens (tertiary/aromatic N) is 3. The molecule has 1 aromatic rings. The molecule has 0 aromatic carbocycles. The number of guanidine groups is 1. The van der Waals surface area contributed by atoms with Crippen molar-refractivity contribution in [3.63, 3.8) is 0 Å². The number of hydrogen-bond donors (Lipinski definition) is 2. The van der Waals surface area contributed by atoms with E-state index in [1.807, 2.05) is 11.3 Å². The Morgan fingerprint density at radius 2 is 2.03 bits per heavy atom. The molecule has 2 unspecified atom stereocenters. The van der Waals surface area contributed by atoms with Crippen molar-refractivity contribution in [3.05, 3.63) is 22.4 Å². The van der Waals surface area contributed by atoms with Gasteiger partial charge in [-0.3, -0.25) is 9.89 Å². The first-order valence-electron chi connectivity index (χ1n) is 11.3. The highest BCUT2D eigenvalue weighted by molar-refractivity contribution is 14.0. The van der Waals surface area contributed by atoms with E-state index in [9.17, 15) is 0 Å². The second-order valence-corrected chi connectivity index (χ2v) is 9.36. The topological polar surface area (TPSA) is 52.1 Å². The zero-order valence-electron chi connectivity index (χ0n) is 18.8. The molecule has 2 saturated heterocycles. The predicted molar refractivity (Wildman–Crippen MR) is 138 cm³/mol. The van der Waals surface area contributed by atoms with Crippen LogP contribution >= 0.6 is 35.3 Å². The van der Waals surface area contributed by atoms with Crippen LogP contribution in [0.1, 0.15) is 44.5 Å². The van der Waals surface area contributed by atoms with Gasteiger partial charge in [0, 0.05) is 43.6 Å². The number of ether oxygens (including phenoxy) is 1. The third-order valence-corrected chi connectivity index (χ3v) is 6.94. The van der Waals surface area contributed by atoms with Gasteiger partial charge in [-0.2, -0.15) is 0 Å². The molecule has 1 aromatic heterocycles. The molecule has 0 bridgehead atoms. The van der Waals surface area contributed by atoms with Crippen LogP contribution in [-0.4, -0.2) is 80.8 Å². The molecule has 3 rings (SSSR count). The van der Waals surface area contributed by atoms with Gasteiger partial charge in [0.15, 0.2) is 5.96 Å². The highest BCUT2D eigenvalue weighted by atomic mass is 127. The number of morpholine rings is 1. The highest BCUT2D eigenvalue weighted by Gasteiger charge is 2.24. The molecule has 0 saturated carbocycles. The number of halogens is 1. The molecular weight excluding hydrogens is 509 g/mol. The van der Waals surface area contributed by atoms with Crippen LogP contribution in [-0.2, 0) is 4.74 Å². The average molecular weight is 550 g/mol. The van der Waals surface area contributed by atoms with Gasteiger partial charge >= 0.3 is 0 Å². The number of rotatable bonds is 8. The summed E-state index contributed by atoms with van der Waals surface area (Å²) in [5, 5.41) is 9.24. The van der Waals surface area contributed by atoms with Crippen molar-refractivity contribution in [2.45, 2.75) is 45.7 Å². The Morgan fingerprint density at radius 1 is 1.23 bits per heavy atom. The van der Waals surface area contributed by atoms with Crippen molar-refractivity contribution in [1.82, 2.24) is 20.4 Å². The molecule has 0 spiro atoms. The molecular formula is C22H40IN5OS. The van der Waals surface area contributed by atoms with E-state index in [1.165, 1.54) is 30.8 Å². The number of thiophene rings is 1. The molecule has 0 aliphatic carbocycles. The third kappa shape index (κ3) is 7.93. The summed E-state index contributed by atoms with van der Waals surface area (Å²) in [6, 6.07) is 5.35. The number of likely N-dealkylation sites (tertiary alicyclic amines) is 1. The van der Waals surface area contributed by atoms with Crippen LogP contribution in [0.5, 0.6) is 0 Å². The standard InChI is InChI=1S/C22H39N5OS.HI/c1-4-23-22(24-15-19-7-5-9-27(17-19)18(2)3)25-16-20(21-8-6-14-29-21)26-10-12-28-13-11-26;/h6,8,14,18-20H,4-5,7,9-13,15-17H2,1-3H3,(H2,23,24,25);1H. The predicted octanol–water partition coefficient (Wildman–Crippen LogP) is 3.41. The fourth-order valence-corrected chi connectivity index (χ4v) is 5.10. The fourth-order valence-electron chi connectivity index (χ4n) is 4.25. The van der Waals surface area contributed by atoms with Crippen LogP contribution < -0.4 is 10.6 Å². The summed E-state index contributed by atoms with van der Waals surface area (Å²) in [6.07, 6.45) is 2.61. The van der Waals surface area contributed by atoms with E-state index in [1.54, 1.807) is 0 Å². The maximum Gasteiger partial charge on any atom is 0.191 e. The lowest BCUT2D eigenvalue weighted by Crippen LogP contribution is -2.46. The maximum atomic E-state index is 5.56. The van der Waals surface area contributed by atoms with Crippen LogP contribution in [0.4, 0.5) is 0 Å². The second kappa shape index (κ2) is 13.9. The Hall–Kier alpha value is -0.420. The van der Waals surface area contributed by atoms with Gasteiger partial charge in [0.1, 0.15) is 0 Å². The van der Waals surface area contributed by atoms with E-state index >= 15 is 0 Å². The summed E-state index contributed by atoms with van der Waals surface area (Å²) in [5.41, 5.74) is 0. The lowest BCUT2D eigenvalue weighted by molar-refractivity contribution is 0.0186. The normalized spacial score (nSPS) is 22.5. The molecule has 8 heteroatoms. The van der Waals surface area contributed by atoms with E-state index in [-0.39, 0.29) is 24.0 Å². The number of hydrogen-bond acceptors (Lipinski definition) is 5. The first-order chi connectivity index (χ1) is 14.2. The largest absolute Gasteiger partial charge is 0.379 e. The lowest BCUT2D eigenvalue weighted by Gasteiger charge is -2.35. The molecule has 2 fully saturated rings. The molecule has 172 valence electrons. The van der Waals surface area contributed by atoms with Gasteiger partial charge in [0.2, 0.25) is 0 Å². The molecule has 2 N–H and O–H groups in total. The van der Waals surface area contributed by atoms with Crippen LogP contribution in [0.3, 0.4) is 0 Å². The molecule has 2 atom stereocenters. The quantitative estimate of drug-likeness (QED) is 0.296. The Bertz CT molecular complexity index is 607. The zero-order valence-corrected chi connectivity index (χ0v) is 22.0. The average Bonchev–Trinajstić information content (AvgIpc) is 3.27. The van der Waals surface area contributed by atoms with E-state index < -0.39 is 0 Å². The van der Waals surface area contributed by atoms with Crippen LogP contribution in [0.2, 0.25) is 0 Å². The maximum absolute atomic E-state index is 5.56. The van der Waals surface area contributed by atoms with Crippen molar-refractivity contribution in [1.29, 1.82) is 0 Å². The smallest absolute Gasteiger partial charge is 0.191 e. The number of piperidine rings is 1. The third-order valence-electron chi connectivity index (χ3n) is 5.96. The van der Waals surface area contributed by atoms with Crippen molar-refractivity contribution in [3.8, 4) is 0 Å². The van der Waals surface area contributed by atoms with E-state index in [4.69, 9.17) is 9.73 Å². The minimum absolute atomic E-state index is 0. The van der Waals surface area contributed by atoms with Gasteiger partial charge in [-0.15, -0.1) is 35.3 Å². The minimum atomic E-state index is 0. The van der Waals surface area contributed by atoms with E-state index in [0.717, 1.165) is 51.9 Å². The zero-order chi connectivity index (χ0) is 20.5. The van der Waals surface area contributed by atoms with E-state index in [0.29, 0.717) is 18.0 Å². The Balaban J connectivity index is 0.00000320. The fraction of sp³-hybridized carbons (Fsp3) is 0.773. The van der Waals surface area contributed by atoms with Gasteiger partial charge in [-0.05, 0) is 57.5 Å². The Morgan fingerprint density at radius 3 is 2.70 bits per heavy atom. The van der Waals surface area contributed by atoms with Gasteiger partial charge in [-0.1, -0.05) is 6.07 Å². The summed E-state index contributed by atoms with van der Waals surface area (Å²) in [4.78, 5) is 11.5. The Kier molecular flexibility index (Phi) is 12.0. The van der Waals surface area contributed by atoms with Gasteiger partial charge in [0.25, 0.3) is 0 Å². The summed E-state index contributed by atoms with van der Waals surface area (Å²) < 4.78 is 5.56. The first-order valence-corrected chi connectivity index (χ1v) is 12.2. The number of nitrogens with one attached hydrogen (secondary N) is 2. The van der Waals surface area contributed by atoms with Gasteiger partial charge < -0.3 is 20.3 Å². The lowest BCUT2D eigenvalue weighted by atomic mass is 9.97. The summed E-state index contributed by atoms with van der Waals surface area (Å²) >= 11 is 1.83. The summed E-state index contributed by atoms with van der Waals surface area (Å²) in [6.45, 7) is 15.4. The molecule has 2 aliphatic heterocycles. The van der Waals surface area contributed by atoms with E-state index in [2.05, 4.69) is 58.7 Å². The monoisotopic (exact) mass is 549 g/mol. The summed E-state index contributed by atoms with van der Waals surface area (Å²) in [5.74, 6) is 1.64. The molecule has 0 amide bonds. The molecule has 3 heterocycles. The summed E-state index contributed by atoms with van der Waals surface area (Å²) in [7, 11) is 0. The Labute approximate surface area is 203 Å². The highest BCUT2D eigenvalue weighted by Crippen LogP contribution is 2.26. The van der Waals surface area contributed by atoms with Crippen molar-refractivity contribution in [2.75, 3.05) is 59.0 Å². The molecule has 6 nitrogen and oxygen atoms in total. The minimum Gasteiger partial charge on any atom is -0.379 e. The van der Waals surface area contributed by atoms with Crippen molar-refractivity contribution in [2.24, 2.45) is 10.9 Å². The van der Waals surface area contributed by atoms with Crippen molar-refractivity contribution >= 4 is 41.3 Å². The van der Waals surface area contributed by atoms with Gasteiger partial charge in [-0.25, -0.2) is 0 Å². The number of aliphatic imine (C=N–C) groups is 1. The molecule has 30 heavy (non-hydrogen) atoms. The SMILES string of the molecule is CCNC(=NCC(c1cccs1)N1CCOCC1)NCC1CCCN(C(C)C)C1.I. The van der Waals surface area contributed by atoms with Crippen molar-refractivity contribution < 1.29 is 4.74 Å². The van der Waals surface area contributed by atoms with Crippen LogP contribution in [0.15, 0.2) is 22.5 Å². The second-order valence-electron chi connectivity index (χ2n) is 8.38. The van der Waals surface area contributed by atoms with Crippen LogP contribution in [0.25, 0.3) is 0 Å². The van der Waals surface area contributed by atoms with Crippen LogP contribution in [0, 0.1) is 5.92 Å². The molecule has 0 radical (unpaired) electrons. The first kappa shape index (κ1) is 25.8. The van der Waals surface area contributed by atoms with Gasteiger partial charge in [0.05, 0.1) is 25.8 Å². The molecule has 2 aliphatic rings.